The van der Waals surface area contributed by atoms with Gasteiger partial charge >= 0.3 is 0 Å². The number of fused-ring (bicyclic) bond motifs is 3. The number of nitrogens with zero attached hydrogens (tertiary/aromatic N) is 3. The Hall–Kier alpha value is -3.13. The minimum absolute atomic E-state index is 0.0242. The summed E-state index contributed by atoms with van der Waals surface area (Å²) in [5.41, 5.74) is 1.00. The van der Waals surface area contributed by atoms with Crippen LogP contribution in [0.25, 0.3) is 11.3 Å². The highest BCUT2D eigenvalue weighted by atomic mass is 32.2. The molecule has 0 atom stereocenters. The van der Waals surface area contributed by atoms with Gasteiger partial charge in [-0.25, -0.2) is 0 Å². The van der Waals surface area contributed by atoms with Crippen LogP contribution in [0.15, 0.2) is 53.7 Å². The maximum Gasteiger partial charge on any atom is 0.284 e. The van der Waals surface area contributed by atoms with Gasteiger partial charge in [-0.1, -0.05) is 24.3 Å². The highest BCUT2D eigenvalue weighted by molar-refractivity contribution is 7.89. The molecule has 0 bridgehead atoms. The molecule has 3 aromatic rings. The van der Waals surface area contributed by atoms with Crippen molar-refractivity contribution in [1.82, 2.24) is 14.2 Å². The Balaban J connectivity index is 2.02. The van der Waals surface area contributed by atoms with E-state index in [0.717, 1.165) is 4.09 Å². The largest absolute Gasteiger partial charge is 0.285 e. The molecule has 0 saturated heterocycles. The van der Waals surface area contributed by atoms with Gasteiger partial charge in [0.1, 0.15) is 10.6 Å². The Morgan fingerprint density at radius 3 is 2.36 bits per heavy atom. The summed E-state index contributed by atoms with van der Waals surface area (Å²) in [4.78, 5) is 28.5. The van der Waals surface area contributed by atoms with E-state index in [2.05, 4.69) is 10.1 Å². The Bertz CT molecular complexity index is 1150. The maximum atomic E-state index is 12.8. The highest BCUT2D eigenvalue weighted by Crippen LogP contribution is 2.35. The topological polar surface area (TPSA) is 99.0 Å². The molecule has 0 radical (unpaired) electrons. The highest BCUT2D eigenvalue weighted by Gasteiger charge is 2.37. The van der Waals surface area contributed by atoms with E-state index >= 15 is 0 Å². The molecule has 4 rings (SSSR count). The van der Waals surface area contributed by atoms with E-state index in [4.69, 9.17) is 0 Å². The van der Waals surface area contributed by atoms with Gasteiger partial charge in [0, 0.05) is 23.5 Å². The Morgan fingerprint density at radius 2 is 1.68 bits per heavy atom. The van der Waals surface area contributed by atoms with Gasteiger partial charge in [-0.15, -0.1) is 0 Å². The first kappa shape index (κ1) is 15.4. The first-order valence-corrected chi connectivity index (χ1v) is 8.80. The van der Waals surface area contributed by atoms with Gasteiger partial charge in [-0.05, 0) is 19.1 Å². The molecule has 7 nitrogen and oxygen atoms in total. The van der Waals surface area contributed by atoms with Crippen LogP contribution in [-0.4, -0.2) is 34.2 Å². The molecule has 1 aliphatic rings. The fourth-order valence-corrected chi connectivity index (χ4v) is 4.19. The quantitative estimate of drug-likeness (QED) is 0.652. The van der Waals surface area contributed by atoms with Crippen molar-refractivity contribution in [3.05, 3.63) is 65.6 Å². The second-order valence-corrected chi connectivity index (χ2v) is 7.32. The van der Waals surface area contributed by atoms with E-state index < -0.39 is 21.6 Å². The molecule has 2 aromatic heterocycles. The molecule has 1 aromatic carbocycles. The van der Waals surface area contributed by atoms with Crippen molar-refractivity contribution in [3.8, 4) is 11.3 Å². The normalized spacial score (nSPS) is 13.5. The van der Waals surface area contributed by atoms with Crippen LogP contribution in [-0.2, 0) is 10.0 Å². The first-order chi connectivity index (χ1) is 11.9. The predicted octanol–water partition coefficient (Wildman–Crippen LogP) is 1.87. The Labute approximate surface area is 143 Å². The molecule has 1 aliphatic carbocycles. The fraction of sp³-hybridized carbons (Fsp3) is 0.0588. The summed E-state index contributed by atoms with van der Waals surface area (Å²) in [6, 6.07) is 9.41. The van der Waals surface area contributed by atoms with E-state index in [0.29, 0.717) is 5.56 Å². The average Bonchev–Trinajstić information content (AvgIpc) is 2.99. The van der Waals surface area contributed by atoms with Crippen molar-refractivity contribution >= 4 is 21.6 Å². The number of carbonyl (C=O) groups excluding carboxylic acids is 2. The summed E-state index contributed by atoms with van der Waals surface area (Å²) in [6.45, 7) is 1.46. The van der Waals surface area contributed by atoms with E-state index in [1.807, 2.05) is 0 Å². The van der Waals surface area contributed by atoms with Gasteiger partial charge in [-0.3, -0.25) is 14.6 Å². The Morgan fingerprint density at radius 1 is 0.960 bits per heavy atom. The van der Waals surface area contributed by atoms with Crippen molar-refractivity contribution in [2.75, 3.05) is 0 Å². The van der Waals surface area contributed by atoms with Crippen LogP contribution >= 0.6 is 0 Å². The van der Waals surface area contributed by atoms with E-state index in [-0.39, 0.29) is 27.4 Å². The molecular weight excluding hydrogens is 342 g/mol. The number of rotatable bonds is 2. The van der Waals surface area contributed by atoms with Crippen molar-refractivity contribution in [2.24, 2.45) is 0 Å². The molecule has 124 valence electrons. The number of benzene rings is 1. The summed E-state index contributed by atoms with van der Waals surface area (Å²) in [5.74, 6) is -1.41. The van der Waals surface area contributed by atoms with Gasteiger partial charge in [0.05, 0.1) is 11.3 Å². The summed E-state index contributed by atoms with van der Waals surface area (Å²) < 4.78 is 26.5. The fourth-order valence-electron chi connectivity index (χ4n) is 2.90. The van der Waals surface area contributed by atoms with E-state index in [1.54, 1.807) is 18.2 Å². The second kappa shape index (κ2) is 5.18. The standard InChI is InChI=1S/C17H11N3O4S/c1-10-14-15(12-6-2-3-7-13(12)16(21)17(14)22)19-20(10)25(23,24)11-5-4-8-18-9-11/h2-9H,1H3. The predicted molar refractivity (Wildman–Crippen MR) is 87.9 cm³/mol. The van der Waals surface area contributed by atoms with E-state index in [1.165, 1.54) is 37.5 Å². The number of aromatic nitrogens is 3. The van der Waals surface area contributed by atoms with Crippen LogP contribution in [0.2, 0.25) is 0 Å². The Kier molecular flexibility index (Phi) is 3.19. The zero-order valence-electron chi connectivity index (χ0n) is 13.0. The third-order valence-corrected chi connectivity index (χ3v) is 5.74. The monoisotopic (exact) mass is 353 g/mol. The summed E-state index contributed by atoms with van der Waals surface area (Å²) in [5, 5.41) is 4.15. The molecule has 0 saturated carbocycles. The lowest BCUT2D eigenvalue weighted by Gasteiger charge is -2.12. The van der Waals surface area contributed by atoms with Gasteiger partial charge < -0.3 is 0 Å². The minimum Gasteiger partial charge on any atom is -0.285 e. The van der Waals surface area contributed by atoms with E-state index in [9.17, 15) is 18.0 Å². The summed E-state index contributed by atoms with van der Waals surface area (Å²) in [6.07, 6.45) is 2.66. The molecule has 0 aliphatic heterocycles. The molecule has 0 fully saturated rings. The summed E-state index contributed by atoms with van der Waals surface area (Å²) in [7, 11) is -4.03. The molecule has 0 unspecified atom stereocenters. The van der Waals surface area contributed by atoms with Crippen LogP contribution in [0, 0.1) is 6.92 Å². The molecule has 25 heavy (non-hydrogen) atoms. The zero-order chi connectivity index (χ0) is 17.8. The van der Waals surface area contributed by atoms with Crippen molar-refractivity contribution in [1.29, 1.82) is 0 Å². The third kappa shape index (κ3) is 2.07. The molecule has 0 N–H and O–H groups in total. The van der Waals surface area contributed by atoms with Crippen LogP contribution in [0.4, 0.5) is 0 Å². The number of ketones is 2. The molecular formula is C17H11N3O4S. The lowest BCUT2D eigenvalue weighted by molar-refractivity contribution is 0.0815. The number of carbonyl (C=O) groups is 2. The van der Waals surface area contributed by atoms with Crippen LogP contribution in [0.3, 0.4) is 0 Å². The lowest BCUT2D eigenvalue weighted by atomic mass is 9.87. The molecule has 0 amide bonds. The van der Waals surface area contributed by atoms with Crippen LogP contribution in [0.5, 0.6) is 0 Å². The maximum absolute atomic E-state index is 12.8. The van der Waals surface area contributed by atoms with Gasteiger partial charge in [-0.2, -0.15) is 17.6 Å². The minimum atomic E-state index is -4.03. The number of Topliss-reactive ketones (excluding diaryl/α,β-unsaturated/α-hetero) is 2. The smallest absolute Gasteiger partial charge is 0.284 e. The summed E-state index contributed by atoms with van der Waals surface area (Å²) >= 11 is 0. The first-order valence-electron chi connectivity index (χ1n) is 7.36. The average molecular weight is 353 g/mol. The van der Waals surface area contributed by atoms with Gasteiger partial charge in [0.25, 0.3) is 10.0 Å². The SMILES string of the molecule is Cc1c2c(nn1S(=O)(=O)c1cccnc1)-c1ccccc1C(=O)C2=O. The van der Waals surface area contributed by atoms with Crippen molar-refractivity contribution in [3.63, 3.8) is 0 Å². The third-order valence-electron chi connectivity index (χ3n) is 4.10. The molecule has 8 heteroatoms. The zero-order valence-corrected chi connectivity index (χ0v) is 13.8. The van der Waals surface area contributed by atoms with Crippen LogP contribution in [0.1, 0.15) is 26.4 Å². The number of hydrogen-bond donors (Lipinski definition) is 0. The lowest BCUT2D eigenvalue weighted by Crippen LogP contribution is -2.21. The van der Waals surface area contributed by atoms with Crippen molar-refractivity contribution in [2.45, 2.75) is 11.8 Å². The second-order valence-electron chi connectivity index (χ2n) is 5.55. The van der Waals surface area contributed by atoms with Crippen LogP contribution < -0.4 is 0 Å². The number of pyridine rings is 1. The van der Waals surface area contributed by atoms with Crippen molar-refractivity contribution < 1.29 is 18.0 Å². The number of hydrogen-bond acceptors (Lipinski definition) is 6. The molecule has 0 spiro atoms. The molecule has 2 heterocycles. The van der Waals surface area contributed by atoms with Gasteiger partial charge in [0.15, 0.2) is 0 Å². The van der Waals surface area contributed by atoms with Gasteiger partial charge in [0.2, 0.25) is 11.6 Å².